The van der Waals surface area contributed by atoms with Crippen molar-refractivity contribution in [2.45, 2.75) is 31.9 Å². The van der Waals surface area contributed by atoms with Crippen molar-refractivity contribution < 1.29 is 27.9 Å². The third-order valence-corrected chi connectivity index (χ3v) is 6.15. The molecule has 2 aromatic heterocycles. The Bertz CT molecular complexity index is 1300. The predicted molar refractivity (Wildman–Crippen MR) is 124 cm³/mol. The Morgan fingerprint density at radius 3 is 2.71 bits per heavy atom. The summed E-state index contributed by atoms with van der Waals surface area (Å²) < 4.78 is 39.1. The Morgan fingerprint density at radius 2 is 2.00 bits per heavy atom. The molecule has 7 nitrogen and oxygen atoms in total. The molecule has 3 aromatic rings. The first-order chi connectivity index (χ1) is 16.6. The number of aromatic nitrogens is 3. The van der Waals surface area contributed by atoms with Crippen molar-refractivity contribution in [2.24, 2.45) is 0 Å². The van der Waals surface area contributed by atoms with E-state index < -0.39 is 22.7 Å². The van der Waals surface area contributed by atoms with Gasteiger partial charge in [-0.05, 0) is 24.1 Å². The highest BCUT2D eigenvalue weighted by molar-refractivity contribution is 7.13. The number of anilines is 1. The van der Waals surface area contributed by atoms with Gasteiger partial charge in [-0.1, -0.05) is 24.4 Å². The van der Waals surface area contributed by atoms with Crippen molar-refractivity contribution in [2.75, 3.05) is 11.9 Å². The first-order valence-electron chi connectivity index (χ1n) is 10.2. The normalized spacial score (nSPS) is 11.9. The van der Waals surface area contributed by atoms with E-state index in [0.29, 0.717) is 10.7 Å². The van der Waals surface area contributed by atoms with Crippen molar-refractivity contribution in [3.63, 3.8) is 0 Å². The van der Waals surface area contributed by atoms with Crippen LogP contribution in [0.5, 0.6) is 0 Å². The molecule has 0 spiro atoms. The van der Waals surface area contributed by atoms with E-state index in [1.54, 1.807) is 6.92 Å². The van der Waals surface area contributed by atoms with Crippen LogP contribution in [0.1, 0.15) is 62.1 Å². The van der Waals surface area contributed by atoms with E-state index in [2.05, 4.69) is 32.1 Å². The maximum absolute atomic E-state index is 13.0. The quantitative estimate of drug-likeness (QED) is 0.335. The molecule has 0 fully saturated rings. The average Bonchev–Trinajstić information content (AvgIpc) is 3.31. The molecule has 12 heteroatoms. The van der Waals surface area contributed by atoms with Crippen molar-refractivity contribution in [1.29, 1.82) is 0 Å². The Morgan fingerprint density at radius 1 is 1.23 bits per heavy atom. The number of carbonyl (C=O) groups excluding carboxylic acids is 2. The Balaban J connectivity index is 1.66. The van der Waals surface area contributed by atoms with Crippen LogP contribution in [0.4, 0.5) is 18.9 Å². The number of thiazole rings is 1. The molecule has 0 saturated heterocycles. The zero-order valence-electron chi connectivity index (χ0n) is 18.2. The summed E-state index contributed by atoms with van der Waals surface area (Å²) in [6.07, 6.45) is -1.79. The minimum atomic E-state index is -4.66. The molecule has 2 N–H and O–H groups in total. The van der Waals surface area contributed by atoms with Crippen molar-refractivity contribution >= 4 is 40.3 Å². The number of rotatable bonds is 7. The largest absolute Gasteiger partial charge is 0.417 e. The second-order valence-corrected chi connectivity index (χ2v) is 8.77. The van der Waals surface area contributed by atoms with Gasteiger partial charge in [-0.25, -0.2) is 15.0 Å². The number of halogens is 4. The number of nitrogens with one attached hydrogen (secondary N) is 1. The highest BCUT2D eigenvalue weighted by Crippen LogP contribution is 2.36. The summed E-state index contributed by atoms with van der Waals surface area (Å²) in [6.45, 7) is 1.68. The average molecular weight is 523 g/mol. The number of aliphatic hydroxyl groups excluding tert-OH is 1. The van der Waals surface area contributed by atoms with Gasteiger partial charge in [0.05, 0.1) is 28.4 Å². The van der Waals surface area contributed by atoms with Crippen molar-refractivity contribution in [1.82, 2.24) is 15.0 Å². The van der Waals surface area contributed by atoms with Gasteiger partial charge in [-0.15, -0.1) is 11.3 Å². The lowest BCUT2D eigenvalue weighted by atomic mass is 10.0. The zero-order valence-corrected chi connectivity index (χ0v) is 19.8. The fraction of sp³-hybridized carbons (Fsp3) is 0.261. The van der Waals surface area contributed by atoms with Gasteiger partial charge in [0.25, 0.3) is 5.91 Å². The zero-order chi connectivity index (χ0) is 25.6. The highest BCUT2D eigenvalue weighted by atomic mass is 35.5. The molecule has 1 atom stereocenters. The number of alkyl halides is 3. The topological polar surface area (TPSA) is 105 Å². The number of hydrogen-bond donors (Lipinski definition) is 2. The van der Waals surface area contributed by atoms with E-state index in [9.17, 15) is 22.8 Å². The van der Waals surface area contributed by atoms with Gasteiger partial charge in [0.2, 0.25) is 0 Å². The molecule has 182 valence electrons. The lowest BCUT2D eigenvalue weighted by Gasteiger charge is -2.11. The summed E-state index contributed by atoms with van der Waals surface area (Å²) in [5, 5.41) is 11.2. The highest BCUT2D eigenvalue weighted by Gasteiger charge is 2.33. The van der Waals surface area contributed by atoms with E-state index in [1.165, 1.54) is 24.7 Å². The Hall–Kier alpha value is -3.33. The molecule has 0 saturated carbocycles. The smallest absolute Gasteiger partial charge is 0.395 e. The maximum Gasteiger partial charge on any atom is 0.417 e. The number of aliphatic hydroxyl groups is 1. The summed E-state index contributed by atoms with van der Waals surface area (Å²) in [6, 6.07) is 4.54. The van der Waals surface area contributed by atoms with E-state index in [4.69, 9.17) is 16.7 Å². The Labute approximate surface area is 207 Å². The lowest BCUT2D eigenvalue weighted by molar-refractivity contribution is -0.137. The molecule has 0 unspecified atom stereocenters. The van der Waals surface area contributed by atoms with Crippen LogP contribution in [0.25, 0.3) is 0 Å². The molecule has 3 rings (SSSR count). The second kappa shape index (κ2) is 11.4. The number of ketones is 1. The van der Waals surface area contributed by atoms with Crippen LogP contribution in [0.2, 0.25) is 5.02 Å². The van der Waals surface area contributed by atoms with Crippen LogP contribution in [-0.2, 0) is 6.18 Å². The summed E-state index contributed by atoms with van der Waals surface area (Å²) in [5.74, 6) is 4.20. The van der Waals surface area contributed by atoms with Crippen LogP contribution >= 0.6 is 22.9 Å². The molecule has 0 aliphatic carbocycles. The fourth-order valence-electron chi connectivity index (χ4n) is 2.89. The number of nitrogens with zero attached hydrogens (tertiary/aromatic N) is 3. The number of carbonyl (C=O) groups is 2. The first-order valence-corrected chi connectivity index (χ1v) is 11.4. The van der Waals surface area contributed by atoms with Crippen LogP contribution in [0.3, 0.4) is 0 Å². The molecule has 1 aromatic carbocycles. The number of Topliss-reactive ketones (excluding diaryl/α,β-unsaturated/α-hetero) is 1. The predicted octanol–water partition coefficient (Wildman–Crippen LogP) is 4.97. The standard InChI is InChI=1S/C23H18ClF3N4O3S/c1-13(8-19(33)18-10-14(29-12-30-18)4-2-3-7-32)22-28-11-20(35-22)21(34)31-15-5-6-17(24)16(9-15)23(25,26)27/h5-6,9-13,32H,3,7-8H2,1H3,(H,31,34)/t13-/m0/s1. The Kier molecular flexibility index (Phi) is 8.56. The SMILES string of the molecule is C[C@@H](CC(=O)c1cc(C#CCCO)ncn1)c1ncc(C(=O)Nc2ccc(Cl)c(C(F)(F)F)c2)s1. The first kappa shape index (κ1) is 26.3. The van der Waals surface area contributed by atoms with Gasteiger partial charge in [0.15, 0.2) is 5.78 Å². The van der Waals surface area contributed by atoms with E-state index >= 15 is 0 Å². The van der Waals surface area contributed by atoms with Crippen LogP contribution < -0.4 is 5.32 Å². The molecule has 2 heterocycles. The third-order valence-electron chi connectivity index (χ3n) is 4.60. The van der Waals surface area contributed by atoms with Crippen molar-refractivity contribution in [3.8, 4) is 11.8 Å². The van der Waals surface area contributed by atoms with E-state index in [0.717, 1.165) is 23.5 Å². The fourth-order valence-corrected chi connectivity index (χ4v) is 3.98. The van der Waals surface area contributed by atoms with Crippen LogP contribution in [-0.4, -0.2) is 38.4 Å². The van der Waals surface area contributed by atoms with Crippen LogP contribution in [0.15, 0.2) is 36.8 Å². The van der Waals surface area contributed by atoms with Gasteiger partial charge in [-0.2, -0.15) is 13.2 Å². The lowest BCUT2D eigenvalue weighted by Crippen LogP contribution is -2.12. The minimum absolute atomic E-state index is 0.0568. The summed E-state index contributed by atoms with van der Waals surface area (Å²) in [4.78, 5) is 37.5. The molecule has 1 amide bonds. The second-order valence-electron chi connectivity index (χ2n) is 7.30. The van der Waals surface area contributed by atoms with Crippen molar-refractivity contribution in [3.05, 3.63) is 68.6 Å². The molecular weight excluding hydrogens is 505 g/mol. The van der Waals surface area contributed by atoms with E-state index in [1.807, 2.05) is 0 Å². The molecule has 0 radical (unpaired) electrons. The molecule has 0 bridgehead atoms. The van der Waals surface area contributed by atoms with Gasteiger partial charge in [0.1, 0.15) is 22.6 Å². The molecular formula is C23H18ClF3N4O3S. The van der Waals surface area contributed by atoms with Gasteiger partial charge in [0, 0.05) is 30.5 Å². The molecule has 0 aliphatic heterocycles. The van der Waals surface area contributed by atoms with Gasteiger partial charge < -0.3 is 10.4 Å². The van der Waals surface area contributed by atoms with Gasteiger partial charge in [-0.3, -0.25) is 9.59 Å². The molecule has 35 heavy (non-hydrogen) atoms. The molecule has 0 aliphatic rings. The minimum Gasteiger partial charge on any atom is -0.395 e. The number of benzene rings is 1. The monoisotopic (exact) mass is 522 g/mol. The summed E-state index contributed by atoms with van der Waals surface area (Å²) in [5.41, 5.74) is -0.584. The summed E-state index contributed by atoms with van der Waals surface area (Å²) >= 11 is 6.64. The summed E-state index contributed by atoms with van der Waals surface area (Å²) in [7, 11) is 0. The third kappa shape index (κ3) is 7.08. The van der Waals surface area contributed by atoms with Crippen LogP contribution in [0, 0.1) is 11.8 Å². The number of amides is 1. The van der Waals surface area contributed by atoms with Gasteiger partial charge >= 0.3 is 6.18 Å². The van der Waals surface area contributed by atoms with E-state index in [-0.39, 0.29) is 47.4 Å². The maximum atomic E-state index is 13.0. The number of hydrogen-bond acceptors (Lipinski definition) is 7.